The Morgan fingerprint density at radius 3 is 2.80 bits per heavy atom. The van der Waals surface area contributed by atoms with Gasteiger partial charge in [-0.2, -0.15) is 0 Å². The van der Waals surface area contributed by atoms with Gasteiger partial charge in [-0.05, 0) is 24.5 Å². The summed E-state index contributed by atoms with van der Waals surface area (Å²) in [5.41, 5.74) is 5.75. The van der Waals surface area contributed by atoms with Crippen LogP contribution in [0.4, 0.5) is 0 Å². The van der Waals surface area contributed by atoms with E-state index in [1.54, 1.807) is 7.11 Å². The molecule has 0 atom stereocenters. The Morgan fingerprint density at radius 1 is 1.35 bits per heavy atom. The second-order valence-electron chi connectivity index (χ2n) is 4.90. The van der Waals surface area contributed by atoms with Crippen molar-refractivity contribution in [3.05, 3.63) is 24.3 Å². The fourth-order valence-corrected chi connectivity index (χ4v) is 1.54. The Kier molecular flexibility index (Phi) is 7.32. The molecule has 112 valence electrons. The number of methoxy groups -OCH3 is 1. The maximum Gasteiger partial charge on any atom is 0.188 e. The molecule has 1 aromatic rings. The van der Waals surface area contributed by atoms with Gasteiger partial charge in [-0.25, -0.2) is 0 Å². The lowest BCUT2D eigenvalue weighted by Crippen LogP contribution is -2.34. The van der Waals surface area contributed by atoms with Gasteiger partial charge in [0.2, 0.25) is 0 Å². The molecule has 0 spiro atoms. The summed E-state index contributed by atoms with van der Waals surface area (Å²) in [4.78, 5) is 4.24. The Labute approximate surface area is 121 Å². The van der Waals surface area contributed by atoms with E-state index in [2.05, 4.69) is 24.2 Å². The number of hydrogen-bond acceptors (Lipinski definition) is 3. The molecule has 0 aliphatic rings. The Hall–Kier alpha value is -1.91. The molecule has 1 rings (SSSR count). The van der Waals surface area contributed by atoms with Crippen LogP contribution in [0.5, 0.6) is 11.5 Å². The standard InChI is InChI=1S/C15H25N3O2/c1-12(2)7-8-17-15(16)18-9-10-20-14-6-4-5-13(11-14)19-3/h4-6,11-12H,7-10H2,1-3H3,(H3,16,17,18). The quantitative estimate of drug-likeness (QED) is 0.434. The van der Waals surface area contributed by atoms with Gasteiger partial charge < -0.3 is 20.5 Å². The molecule has 3 N–H and O–H groups in total. The Morgan fingerprint density at radius 2 is 2.10 bits per heavy atom. The van der Waals surface area contributed by atoms with Gasteiger partial charge in [0.1, 0.15) is 18.1 Å². The first-order chi connectivity index (χ1) is 9.61. The van der Waals surface area contributed by atoms with Crippen LogP contribution in [0.1, 0.15) is 20.3 Å². The van der Waals surface area contributed by atoms with E-state index in [9.17, 15) is 0 Å². The van der Waals surface area contributed by atoms with Gasteiger partial charge in [0.05, 0.1) is 13.7 Å². The van der Waals surface area contributed by atoms with Gasteiger partial charge >= 0.3 is 0 Å². The van der Waals surface area contributed by atoms with Crippen molar-refractivity contribution in [2.75, 3.05) is 26.8 Å². The lowest BCUT2D eigenvalue weighted by atomic mass is 10.1. The lowest BCUT2D eigenvalue weighted by molar-refractivity contribution is 0.319. The molecule has 0 amide bonds. The van der Waals surface area contributed by atoms with Crippen LogP contribution in [0.15, 0.2) is 29.3 Å². The number of aliphatic imine (C=N–C) groups is 1. The van der Waals surface area contributed by atoms with Gasteiger partial charge in [-0.15, -0.1) is 0 Å². The highest BCUT2D eigenvalue weighted by Gasteiger charge is 1.97. The van der Waals surface area contributed by atoms with Crippen molar-refractivity contribution in [3.8, 4) is 11.5 Å². The minimum Gasteiger partial charge on any atom is -0.497 e. The van der Waals surface area contributed by atoms with Crippen molar-refractivity contribution < 1.29 is 9.47 Å². The number of benzene rings is 1. The number of nitrogens with two attached hydrogens (primary N) is 1. The van der Waals surface area contributed by atoms with Crippen LogP contribution in [0.25, 0.3) is 0 Å². The highest BCUT2D eigenvalue weighted by molar-refractivity contribution is 5.77. The van der Waals surface area contributed by atoms with Crippen molar-refractivity contribution in [1.29, 1.82) is 0 Å². The van der Waals surface area contributed by atoms with E-state index in [0.29, 0.717) is 25.0 Å². The second-order valence-corrected chi connectivity index (χ2v) is 4.90. The van der Waals surface area contributed by atoms with Gasteiger partial charge in [0, 0.05) is 12.6 Å². The molecule has 0 aliphatic carbocycles. The van der Waals surface area contributed by atoms with Crippen LogP contribution >= 0.6 is 0 Å². The highest BCUT2D eigenvalue weighted by Crippen LogP contribution is 2.18. The van der Waals surface area contributed by atoms with Crippen molar-refractivity contribution in [3.63, 3.8) is 0 Å². The maximum absolute atomic E-state index is 5.75. The lowest BCUT2D eigenvalue weighted by Gasteiger charge is -2.09. The first-order valence-corrected chi connectivity index (χ1v) is 6.92. The molecule has 5 nitrogen and oxygen atoms in total. The number of rotatable bonds is 8. The van der Waals surface area contributed by atoms with Crippen LogP contribution in [-0.2, 0) is 0 Å². The molecule has 0 saturated carbocycles. The van der Waals surface area contributed by atoms with Crippen LogP contribution in [0, 0.1) is 5.92 Å². The average Bonchev–Trinajstić information content (AvgIpc) is 2.43. The second kappa shape index (κ2) is 9.07. The maximum atomic E-state index is 5.75. The third-order valence-electron chi connectivity index (χ3n) is 2.71. The van der Waals surface area contributed by atoms with Gasteiger partial charge in [0.15, 0.2) is 5.96 Å². The predicted octanol–water partition coefficient (Wildman–Crippen LogP) is 2.02. The number of hydrogen-bond donors (Lipinski definition) is 2. The van der Waals surface area contributed by atoms with E-state index < -0.39 is 0 Å². The third-order valence-corrected chi connectivity index (χ3v) is 2.71. The number of nitrogens with zero attached hydrogens (tertiary/aromatic N) is 1. The van der Waals surface area contributed by atoms with E-state index >= 15 is 0 Å². The smallest absolute Gasteiger partial charge is 0.188 e. The monoisotopic (exact) mass is 279 g/mol. The van der Waals surface area contributed by atoms with Crippen LogP contribution in [0.3, 0.4) is 0 Å². The minimum absolute atomic E-state index is 0.472. The molecule has 0 radical (unpaired) electrons. The zero-order chi connectivity index (χ0) is 14.8. The SMILES string of the molecule is COc1cccc(OCCNC(N)=NCCC(C)C)c1. The number of guanidine groups is 1. The van der Waals surface area contributed by atoms with E-state index in [1.807, 2.05) is 24.3 Å². The third kappa shape index (κ3) is 6.87. The first-order valence-electron chi connectivity index (χ1n) is 6.92. The molecular weight excluding hydrogens is 254 g/mol. The molecule has 1 aromatic carbocycles. The summed E-state index contributed by atoms with van der Waals surface area (Å²) in [7, 11) is 1.63. The summed E-state index contributed by atoms with van der Waals surface area (Å²) in [6.07, 6.45) is 1.04. The van der Waals surface area contributed by atoms with Crippen LogP contribution < -0.4 is 20.5 Å². The molecule has 0 saturated heterocycles. The molecule has 0 unspecified atom stereocenters. The number of ether oxygens (including phenoxy) is 2. The summed E-state index contributed by atoms with van der Waals surface area (Å²) in [6.45, 7) is 6.23. The van der Waals surface area contributed by atoms with Crippen molar-refractivity contribution in [2.24, 2.45) is 16.6 Å². The summed E-state index contributed by atoms with van der Waals surface area (Å²) >= 11 is 0. The molecule has 5 heteroatoms. The van der Waals surface area contributed by atoms with E-state index in [-0.39, 0.29) is 0 Å². The minimum atomic E-state index is 0.472. The van der Waals surface area contributed by atoms with Crippen molar-refractivity contribution in [1.82, 2.24) is 5.32 Å². The summed E-state index contributed by atoms with van der Waals surface area (Å²) in [6, 6.07) is 7.51. The topological polar surface area (TPSA) is 68.9 Å². The van der Waals surface area contributed by atoms with Gasteiger partial charge in [0.25, 0.3) is 0 Å². The Balaban J connectivity index is 2.20. The molecule has 0 heterocycles. The zero-order valence-electron chi connectivity index (χ0n) is 12.6. The molecule has 0 fully saturated rings. The summed E-state index contributed by atoms with van der Waals surface area (Å²) < 4.78 is 10.7. The normalized spacial score (nSPS) is 11.5. The molecule has 0 aliphatic heterocycles. The average molecular weight is 279 g/mol. The van der Waals surface area contributed by atoms with Gasteiger partial charge in [-0.3, -0.25) is 4.99 Å². The van der Waals surface area contributed by atoms with Crippen LogP contribution in [0.2, 0.25) is 0 Å². The molecular formula is C15H25N3O2. The van der Waals surface area contributed by atoms with Gasteiger partial charge in [-0.1, -0.05) is 19.9 Å². The van der Waals surface area contributed by atoms with Crippen molar-refractivity contribution >= 4 is 5.96 Å². The van der Waals surface area contributed by atoms with Crippen LogP contribution in [-0.4, -0.2) is 32.8 Å². The number of nitrogens with one attached hydrogen (secondary N) is 1. The largest absolute Gasteiger partial charge is 0.497 e. The molecule has 0 bridgehead atoms. The zero-order valence-corrected chi connectivity index (χ0v) is 12.6. The molecule has 0 aromatic heterocycles. The summed E-state index contributed by atoms with van der Waals surface area (Å²) in [5.74, 6) is 2.68. The summed E-state index contributed by atoms with van der Waals surface area (Å²) in [5, 5.41) is 3.03. The first kappa shape index (κ1) is 16.1. The Bertz CT molecular complexity index is 419. The van der Waals surface area contributed by atoms with E-state index in [0.717, 1.165) is 24.5 Å². The fourth-order valence-electron chi connectivity index (χ4n) is 1.54. The van der Waals surface area contributed by atoms with Crippen molar-refractivity contribution in [2.45, 2.75) is 20.3 Å². The van der Waals surface area contributed by atoms with E-state index in [4.69, 9.17) is 15.2 Å². The highest BCUT2D eigenvalue weighted by atomic mass is 16.5. The fraction of sp³-hybridized carbons (Fsp3) is 0.533. The predicted molar refractivity (Wildman–Crippen MR) is 82.4 cm³/mol. The molecule has 20 heavy (non-hydrogen) atoms. The van der Waals surface area contributed by atoms with E-state index in [1.165, 1.54) is 0 Å².